The van der Waals surface area contributed by atoms with Crippen molar-refractivity contribution in [2.24, 2.45) is 0 Å². The van der Waals surface area contributed by atoms with Crippen LogP contribution in [0.15, 0.2) is 59.5 Å². The Bertz CT molecular complexity index is 677. The van der Waals surface area contributed by atoms with Gasteiger partial charge in [-0.1, -0.05) is 50.1 Å². The molecule has 2 aromatic rings. The summed E-state index contributed by atoms with van der Waals surface area (Å²) in [6, 6.07) is 19.1. The van der Waals surface area contributed by atoms with Crippen molar-refractivity contribution in [2.75, 3.05) is 5.32 Å². The van der Waals surface area contributed by atoms with Gasteiger partial charge in [-0.05, 0) is 61.3 Å². The average molecular weight is 371 g/mol. The van der Waals surface area contributed by atoms with Crippen LogP contribution in [0.1, 0.15) is 44.6 Å². The van der Waals surface area contributed by atoms with Gasteiger partial charge in [-0.3, -0.25) is 0 Å². The van der Waals surface area contributed by atoms with Crippen molar-refractivity contribution in [2.45, 2.75) is 55.2 Å². The highest BCUT2D eigenvalue weighted by Crippen LogP contribution is 2.32. The molecule has 1 fully saturated rings. The van der Waals surface area contributed by atoms with Crippen molar-refractivity contribution in [1.29, 1.82) is 0 Å². The second-order valence-electron chi connectivity index (χ2n) is 6.72. The standard InChI is InChI=1S/C21H26N2S2/c1-2-21(14-6-7-15-21)23-20(24)22-18-12-10-17(11-13-18)16-25-19-8-4-3-5-9-19/h3-5,8-13H,2,6-7,14-16H2,1H3,(H2,22,23,24). The number of benzene rings is 2. The van der Waals surface area contributed by atoms with Gasteiger partial charge in [0.15, 0.2) is 5.11 Å². The van der Waals surface area contributed by atoms with Gasteiger partial charge < -0.3 is 10.6 Å². The summed E-state index contributed by atoms with van der Waals surface area (Å²) >= 11 is 7.39. The Morgan fingerprint density at radius 1 is 1.04 bits per heavy atom. The Hall–Kier alpha value is -1.52. The van der Waals surface area contributed by atoms with E-state index in [-0.39, 0.29) is 5.54 Å². The molecule has 0 amide bonds. The molecule has 132 valence electrons. The molecule has 0 heterocycles. The van der Waals surface area contributed by atoms with E-state index in [1.807, 2.05) is 11.8 Å². The first-order valence-electron chi connectivity index (χ1n) is 9.05. The first-order chi connectivity index (χ1) is 12.2. The maximum Gasteiger partial charge on any atom is 0.171 e. The summed E-state index contributed by atoms with van der Waals surface area (Å²) in [5.41, 5.74) is 2.57. The van der Waals surface area contributed by atoms with Gasteiger partial charge in [-0.15, -0.1) is 11.8 Å². The number of thioether (sulfide) groups is 1. The lowest BCUT2D eigenvalue weighted by Gasteiger charge is -2.30. The highest BCUT2D eigenvalue weighted by molar-refractivity contribution is 7.98. The number of hydrogen-bond donors (Lipinski definition) is 2. The summed E-state index contributed by atoms with van der Waals surface area (Å²) in [5, 5.41) is 7.66. The van der Waals surface area contributed by atoms with Gasteiger partial charge in [-0.2, -0.15) is 0 Å². The number of thiocarbonyl (C=S) groups is 1. The van der Waals surface area contributed by atoms with Gasteiger partial charge in [0.05, 0.1) is 0 Å². The third-order valence-corrected chi connectivity index (χ3v) is 6.26. The highest BCUT2D eigenvalue weighted by Gasteiger charge is 2.32. The van der Waals surface area contributed by atoms with Gasteiger partial charge in [0.25, 0.3) is 0 Å². The summed E-state index contributed by atoms with van der Waals surface area (Å²) in [7, 11) is 0. The molecule has 3 rings (SSSR count). The van der Waals surface area contributed by atoms with Gasteiger partial charge in [0.2, 0.25) is 0 Å². The molecule has 0 bridgehead atoms. The summed E-state index contributed by atoms with van der Waals surface area (Å²) < 4.78 is 0. The molecule has 0 spiro atoms. The van der Waals surface area contributed by atoms with Crippen molar-refractivity contribution in [3.63, 3.8) is 0 Å². The highest BCUT2D eigenvalue weighted by atomic mass is 32.2. The van der Waals surface area contributed by atoms with E-state index in [0.29, 0.717) is 0 Å². The molecule has 1 aliphatic carbocycles. The minimum absolute atomic E-state index is 0.205. The van der Waals surface area contributed by atoms with Crippen molar-refractivity contribution in [3.05, 3.63) is 60.2 Å². The number of anilines is 1. The predicted molar refractivity (Wildman–Crippen MR) is 113 cm³/mol. The molecule has 0 atom stereocenters. The maximum atomic E-state index is 5.53. The summed E-state index contributed by atoms with van der Waals surface area (Å²) in [4.78, 5) is 1.30. The van der Waals surface area contributed by atoms with Crippen LogP contribution in [0.2, 0.25) is 0 Å². The molecule has 0 saturated heterocycles. The zero-order chi connectivity index (χ0) is 17.5. The largest absolute Gasteiger partial charge is 0.357 e. The van der Waals surface area contributed by atoms with E-state index < -0.39 is 0 Å². The van der Waals surface area contributed by atoms with Crippen LogP contribution in [0.5, 0.6) is 0 Å². The summed E-state index contributed by atoms with van der Waals surface area (Å²) in [6.45, 7) is 2.25. The van der Waals surface area contributed by atoms with Gasteiger partial charge in [0, 0.05) is 21.9 Å². The quantitative estimate of drug-likeness (QED) is 0.482. The Morgan fingerprint density at radius 2 is 1.72 bits per heavy atom. The monoisotopic (exact) mass is 370 g/mol. The molecule has 4 heteroatoms. The normalized spacial score (nSPS) is 15.7. The summed E-state index contributed by atoms with van der Waals surface area (Å²) in [6.07, 6.45) is 6.18. The lowest BCUT2D eigenvalue weighted by Crippen LogP contribution is -2.47. The Labute approximate surface area is 160 Å². The average Bonchev–Trinajstić information content (AvgIpc) is 3.11. The van der Waals surface area contributed by atoms with Crippen molar-refractivity contribution in [3.8, 4) is 0 Å². The SMILES string of the molecule is CCC1(NC(=S)Nc2ccc(CSc3ccccc3)cc2)CCCC1. The van der Waals surface area contributed by atoms with E-state index >= 15 is 0 Å². The molecule has 2 N–H and O–H groups in total. The Balaban J connectivity index is 1.51. The maximum absolute atomic E-state index is 5.53. The fraction of sp³-hybridized carbons (Fsp3) is 0.381. The Morgan fingerprint density at radius 3 is 2.36 bits per heavy atom. The molecule has 2 nitrogen and oxygen atoms in total. The van der Waals surface area contributed by atoms with Crippen LogP contribution >= 0.6 is 24.0 Å². The second-order valence-corrected chi connectivity index (χ2v) is 8.18. The van der Waals surface area contributed by atoms with E-state index in [2.05, 4.69) is 72.2 Å². The van der Waals surface area contributed by atoms with Crippen molar-refractivity contribution >= 4 is 34.8 Å². The van der Waals surface area contributed by atoms with Crippen LogP contribution in [0.4, 0.5) is 5.69 Å². The predicted octanol–water partition coefficient (Wildman–Crippen LogP) is 5.99. The van der Waals surface area contributed by atoms with Crippen LogP contribution in [-0.2, 0) is 5.75 Å². The zero-order valence-electron chi connectivity index (χ0n) is 14.8. The van der Waals surface area contributed by atoms with Crippen LogP contribution in [0.3, 0.4) is 0 Å². The van der Waals surface area contributed by atoms with E-state index in [0.717, 1.165) is 23.0 Å². The molecule has 1 saturated carbocycles. The van der Waals surface area contributed by atoms with Crippen LogP contribution in [0, 0.1) is 0 Å². The number of rotatable bonds is 6. The number of nitrogens with one attached hydrogen (secondary N) is 2. The van der Waals surface area contributed by atoms with E-state index in [1.54, 1.807) is 0 Å². The first kappa shape index (κ1) is 18.3. The van der Waals surface area contributed by atoms with Crippen LogP contribution in [0.25, 0.3) is 0 Å². The van der Waals surface area contributed by atoms with E-state index in [4.69, 9.17) is 12.2 Å². The minimum atomic E-state index is 0.205. The van der Waals surface area contributed by atoms with Gasteiger partial charge in [0.1, 0.15) is 0 Å². The molecule has 1 aliphatic rings. The second kappa shape index (κ2) is 8.72. The lowest BCUT2D eigenvalue weighted by atomic mass is 9.95. The van der Waals surface area contributed by atoms with Crippen molar-refractivity contribution < 1.29 is 0 Å². The van der Waals surface area contributed by atoms with Crippen LogP contribution in [-0.4, -0.2) is 10.7 Å². The van der Waals surface area contributed by atoms with Gasteiger partial charge >= 0.3 is 0 Å². The molecule has 2 aromatic carbocycles. The smallest absolute Gasteiger partial charge is 0.171 e. The van der Waals surface area contributed by atoms with Gasteiger partial charge in [-0.25, -0.2) is 0 Å². The lowest BCUT2D eigenvalue weighted by molar-refractivity contribution is 0.378. The topological polar surface area (TPSA) is 24.1 Å². The van der Waals surface area contributed by atoms with Crippen molar-refractivity contribution in [1.82, 2.24) is 5.32 Å². The van der Waals surface area contributed by atoms with E-state index in [1.165, 1.54) is 36.1 Å². The molecule has 0 aromatic heterocycles. The molecular weight excluding hydrogens is 344 g/mol. The fourth-order valence-corrected chi connectivity index (χ4v) is 4.60. The molecule has 0 unspecified atom stereocenters. The molecule has 25 heavy (non-hydrogen) atoms. The number of hydrogen-bond acceptors (Lipinski definition) is 2. The van der Waals surface area contributed by atoms with E-state index in [9.17, 15) is 0 Å². The zero-order valence-corrected chi connectivity index (χ0v) is 16.4. The molecule has 0 aliphatic heterocycles. The van der Waals surface area contributed by atoms with Crippen LogP contribution < -0.4 is 10.6 Å². The molecule has 0 radical (unpaired) electrons. The first-order valence-corrected chi connectivity index (χ1v) is 10.4. The summed E-state index contributed by atoms with van der Waals surface area (Å²) in [5.74, 6) is 0.978. The fourth-order valence-electron chi connectivity index (χ4n) is 3.39. The minimum Gasteiger partial charge on any atom is -0.357 e. The Kier molecular flexibility index (Phi) is 6.38. The third kappa shape index (κ3) is 5.23. The third-order valence-electron chi connectivity index (χ3n) is 4.98. The molecular formula is C21H26N2S2.